The molecule has 0 atom stereocenters. The number of amides is 1. The van der Waals surface area contributed by atoms with Crippen molar-refractivity contribution in [2.45, 2.75) is 6.92 Å². The number of ether oxygens (including phenoxy) is 1. The smallest absolute Gasteiger partial charge is 0.340 e. The quantitative estimate of drug-likeness (QED) is 0.650. The molecule has 0 bridgehead atoms. The first-order valence-electron chi connectivity index (χ1n) is 6.86. The van der Waals surface area contributed by atoms with Crippen LogP contribution in [0.2, 0.25) is 0 Å². The lowest BCUT2D eigenvalue weighted by atomic mass is 10.1. The first kappa shape index (κ1) is 16.5. The molecule has 2 N–H and O–H groups in total. The Labute approximate surface area is 132 Å². The number of benzene rings is 2. The van der Waals surface area contributed by atoms with Crippen LogP contribution in [0.3, 0.4) is 0 Å². The Morgan fingerprint density at radius 2 is 1.91 bits per heavy atom. The van der Waals surface area contributed by atoms with E-state index in [2.05, 4.69) is 5.32 Å². The number of hydrogen-bond donors (Lipinski definition) is 2. The van der Waals surface area contributed by atoms with Crippen LogP contribution in [0.5, 0.6) is 0 Å². The van der Waals surface area contributed by atoms with Gasteiger partial charge in [-0.3, -0.25) is 10.0 Å². The summed E-state index contributed by atoms with van der Waals surface area (Å²) < 4.78 is 4.91. The summed E-state index contributed by atoms with van der Waals surface area (Å²) in [5.41, 5.74) is 0.420. The molecule has 0 unspecified atom stereocenters. The molecular weight excluding hydrogens is 300 g/mol. The number of carbonyl (C=O) groups excluding carboxylic acids is 2. The van der Waals surface area contributed by atoms with Crippen molar-refractivity contribution in [2.24, 2.45) is 0 Å². The highest BCUT2D eigenvalue weighted by Gasteiger charge is 2.16. The Balaban J connectivity index is 2.35. The number of anilines is 2. The Hall–Kier alpha value is -2.90. The first-order valence-corrected chi connectivity index (χ1v) is 6.86. The van der Waals surface area contributed by atoms with E-state index in [0.717, 1.165) is 0 Å². The van der Waals surface area contributed by atoms with E-state index in [0.29, 0.717) is 5.56 Å². The fourth-order valence-corrected chi connectivity index (χ4v) is 1.93. The van der Waals surface area contributed by atoms with Crippen LogP contribution >= 0.6 is 0 Å². The molecule has 0 radical (unpaired) electrons. The highest BCUT2D eigenvalue weighted by molar-refractivity contribution is 6.08. The molecule has 0 aliphatic rings. The lowest BCUT2D eigenvalue weighted by molar-refractivity contribution is 0.0527. The van der Waals surface area contributed by atoms with E-state index in [1.165, 1.54) is 18.2 Å². The maximum Gasteiger partial charge on any atom is 0.340 e. The molecule has 0 spiro atoms. The summed E-state index contributed by atoms with van der Waals surface area (Å²) in [6.45, 7) is 1.82. The predicted octanol–water partition coefficient (Wildman–Crippen LogP) is 2.81. The van der Waals surface area contributed by atoms with Gasteiger partial charge in [-0.15, -0.1) is 0 Å². The zero-order valence-corrected chi connectivity index (χ0v) is 12.4. The molecule has 2 rings (SSSR count). The van der Waals surface area contributed by atoms with Crippen molar-refractivity contribution in [1.82, 2.24) is 0 Å². The van der Waals surface area contributed by atoms with Gasteiger partial charge in [-0.2, -0.15) is 0 Å². The van der Waals surface area contributed by atoms with Gasteiger partial charge in [0.2, 0.25) is 0 Å². The number of carbonyl (C=O) groups is 2. The van der Waals surface area contributed by atoms with Gasteiger partial charge >= 0.3 is 5.97 Å². The second-order valence-electron chi connectivity index (χ2n) is 4.54. The van der Waals surface area contributed by atoms with Gasteiger partial charge in [-0.25, -0.2) is 4.79 Å². The predicted molar refractivity (Wildman–Crippen MR) is 84.4 cm³/mol. The Morgan fingerprint density at radius 3 is 2.52 bits per heavy atom. The molecular formula is C16H15N2O5-. The fourth-order valence-electron chi connectivity index (χ4n) is 1.93. The average molecular weight is 315 g/mol. The van der Waals surface area contributed by atoms with Gasteiger partial charge in [0.15, 0.2) is 0 Å². The van der Waals surface area contributed by atoms with Crippen molar-refractivity contribution in [3.8, 4) is 0 Å². The van der Waals surface area contributed by atoms with Crippen LogP contribution in [0.4, 0.5) is 11.4 Å². The molecule has 0 fully saturated rings. The monoisotopic (exact) mass is 315 g/mol. The van der Waals surface area contributed by atoms with Crippen LogP contribution in [0, 0.1) is 5.21 Å². The van der Waals surface area contributed by atoms with Gasteiger partial charge < -0.3 is 20.5 Å². The minimum Gasteiger partial charge on any atom is -0.733 e. The van der Waals surface area contributed by atoms with Gasteiger partial charge in [-0.1, -0.05) is 18.2 Å². The molecule has 7 heteroatoms. The molecule has 0 aliphatic heterocycles. The highest BCUT2D eigenvalue weighted by atomic mass is 16.8. The minimum atomic E-state index is -0.641. The topological polar surface area (TPSA) is 102 Å². The van der Waals surface area contributed by atoms with Gasteiger partial charge in [0.25, 0.3) is 5.91 Å². The number of esters is 1. The lowest BCUT2D eigenvalue weighted by Crippen LogP contribution is -2.17. The summed E-state index contributed by atoms with van der Waals surface area (Å²) in [6.07, 6.45) is 0. The summed E-state index contributed by atoms with van der Waals surface area (Å²) in [5.74, 6) is -1.10. The average Bonchev–Trinajstić information content (AvgIpc) is 2.55. The zero-order chi connectivity index (χ0) is 16.8. The fraction of sp³-hybridized carbons (Fsp3) is 0.125. The molecule has 7 nitrogen and oxygen atoms in total. The van der Waals surface area contributed by atoms with Gasteiger partial charge in [0, 0.05) is 5.56 Å². The summed E-state index contributed by atoms with van der Waals surface area (Å²) in [6, 6.07) is 12.1. The van der Waals surface area contributed by atoms with E-state index in [1.54, 1.807) is 37.3 Å². The summed E-state index contributed by atoms with van der Waals surface area (Å²) in [7, 11) is 0. The number of rotatable bonds is 5. The second kappa shape index (κ2) is 7.39. The van der Waals surface area contributed by atoms with Crippen LogP contribution in [0.1, 0.15) is 27.6 Å². The number of hydrogen-bond acceptors (Lipinski definition) is 6. The first-order chi connectivity index (χ1) is 11.0. The SMILES string of the molecule is CCOC(=O)c1ccc(N([O-])O)cc1NC(=O)c1ccccc1. The maximum absolute atomic E-state index is 12.2. The molecule has 2 aromatic carbocycles. The third kappa shape index (κ3) is 4.06. The Kier molecular flexibility index (Phi) is 5.29. The third-order valence-corrected chi connectivity index (χ3v) is 3.00. The Morgan fingerprint density at radius 1 is 1.22 bits per heavy atom. The van der Waals surface area contributed by atoms with Crippen LogP contribution in [-0.2, 0) is 4.74 Å². The maximum atomic E-state index is 12.2. The molecule has 0 saturated heterocycles. The van der Waals surface area contributed by atoms with E-state index in [4.69, 9.17) is 9.94 Å². The van der Waals surface area contributed by atoms with Gasteiger partial charge in [0.1, 0.15) is 0 Å². The van der Waals surface area contributed by atoms with E-state index in [-0.39, 0.29) is 28.8 Å². The molecule has 1 amide bonds. The Bertz CT molecular complexity index is 701. The highest BCUT2D eigenvalue weighted by Crippen LogP contribution is 2.24. The summed E-state index contributed by atoms with van der Waals surface area (Å²) >= 11 is 0. The molecule has 0 aliphatic carbocycles. The molecule has 0 aromatic heterocycles. The minimum absolute atomic E-state index is 0.0738. The van der Waals surface area contributed by atoms with Gasteiger partial charge in [0.05, 0.1) is 23.5 Å². The summed E-state index contributed by atoms with van der Waals surface area (Å²) in [5, 5.41) is 22.2. The van der Waals surface area contributed by atoms with E-state index >= 15 is 0 Å². The summed E-state index contributed by atoms with van der Waals surface area (Å²) in [4.78, 5) is 24.1. The standard InChI is InChI=1S/C16H15N2O5/c1-2-23-16(20)13-9-8-12(18(21)22)10-14(13)17-15(19)11-6-4-3-5-7-11/h3-10,21H,2H2,1H3,(H,17,19)/q-1. The van der Waals surface area contributed by atoms with Crippen molar-refractivity contribution >= 4 is 23.3 Å². The molecule has 0 heterocycles. The van der Waals surface area contributed by atoms with Crippen molar-refractivity contribution < 1.29 is 19.5 Å². The molecule has 23 heavy (non-hydrogen) atoms. The van der Waals surface area contributed by atoms with Crippen LogP contribution in [0.15, 0.2) is 48.5 Å². The number of nitrogens with zero attached hydrogens (tertiary/aromatic N) is 1. The van der Waals surface area contributed by atoms with Gasteiger partial charge in [-0.05, 0) is 37.3 Å². The van der Waals surface area contributed by atoms with E-state index in [1.807, 2.05) is 0 Å². The largest absolute Gasteiger partial charge is 0.733 e. The third-order valence-electron chi connectivity index (χ3n) is 3.00. The van der Waals surface area contributed by atoms with Crippen molar-refractivity contribution in [1.29, 1.82) is 0 Å². The van der Waals surface area contributed by atoms with Crippen molar-refractivity contribution in [3.05, 3.63) is 64.9 Å². The van der Waals surface area contributed by atoms with Crippen LogP contribution in [-0.4, -0.2) is 23.7 Å². The van der Waals surface area contributed by atoms with Crippen molar-refractivity contribution in [3.63, 3.8) is 0 Å². The number of nitrogens with one attached hydrogen (secondary N) is 1. The lowest BCUT2D eigenvalue weighted by Gasteiger charge is -2.23. The van der Waals surface area contributed by atoms with Crippen LogP contribution < -0.4 is 10.5 Å². The van der Waals surface area contributed by atoms with E-state index in [9.17, 15) is 14.8 Å². The van der Waals surface area contributed by atoms with E-state index < -0.39 is 11.9 Å². The van der Waals surface area contributed by atoms with Crippen LogP contribution in [0.25, 0.3) is 0 Å². The molecule has 0 saturated carbocycles. The normalized spacial score (nSPS) is 10.0. The zero-order valence-electron chi connectivity index (χ0n) is 12.4. The molecule has 2 aromatic rings. The second-order valence-corrected chi connectivity index (χ2v) is 4.54. The van der Waals surface area contributed by atoms with Crippen molar-refractivity contribution in [2.75, 3.05) is 17.2 Å². The molecule has 120 valence electrons.